The van der Waals surface area contributed by atoms with Crippen LogP contribution in [0.4, 0.5) is 5.69 Å². The van der Waals surface area contributed by atoms with E-state index < -0.39 is 25.3 Å². The van der Waals surface area contributed by atoms with Gasteiger partial charge in [-0.05, 0) is 63.8 Å². The number of rotatable bonds is 12. The fourth-order valence-corrected chi connectivity index (χ4v) is 3.72. The van der Waals surface area contributed by atoms with Gasteiger partial charge in [-0.2, -0.15) is 0 Å². The average Bonchev–Trinajstić information content (AvgIpc) is 3.62. The van der Waals surface area contributed by atoms with Gasteiger partial charge in [-0.3, -0.25) is 24.6 Å². The number of amides is 2. The van der Waals surface area contributed by atoms with Crippen molar-refractivity contribution in [3.8, 4) is 0 Å². The lowest BCUT2D eigenvalue weighted by atomic mass is 10.1. The summed E-state index contributed by atoms with van der Waals surface area (Å²) in [6.07, 6.45) is 0.830. The minimum Gasteiger partial charge on any atom is -0.436 e. The largest absolute Gasteiger partial charge is 0.436 e. The van der Waals surface area contributed by atoms with Crippen LogP contribution in [0.3, 0.4) is 0 Å². The summed E-state index contributed by atoms with van der Waals surface area (Å²) in [5, 5.41) is 33.9. The van der Waals surface area contributed by atoms with Gasteiger partial charge in [0.1, 0.15) is 12.4 Å². The summed E-state index contributed by atoms with van der Waals surface area (Å²) in [7, 11) is 0. The van der Waals surface area contributed by atoms with E-state index in [1.54, 1.807) is 39.0 Å². The summed E-state index contributed by atoms with van der Waals surface area (Å²) in [5.74, 6) is -1.57. The maximum Gasteiger partial charge on any atom is 0.336 e. The maximum atomic E-state index is 12.8. The van der Waals surface area contributed by atoms with Crippen LogP contribution in [0.15, 0.2) is 29.4 Å². The van der Waals surface area contributed by atoms with Gasteiger partial charge in [0.05, 0.1) is 16.9 Å². The molecule has 0 radical (unpaired) electrons. The number of carbonyl (C=O) groups is 3. The number of benzene rings is 1. The van der Waals surface area contributed by atoms with Crippen molar-refractivity contribution in [2.75, 3.05) is 18.2 Å². The van der Waals surface area contributed by atoms with E-state index in [1.165, 1.54) is 18.0 Å². The predicted octanol–water partition coefficient (Wildman–Crippen LogP) is 1.31. The first-order valence-electron chi connectivity index (χ1n) is 12.5. The summed E-state index contributed by atoms with van der Waals surface area (Å²) in [6, 6.07) is 5.00. The summed E-state index contributed by atoms with van der Waals surface area (Å²) in [6.45, 7) is 6.14. The van der Waals surface area contributed by atoms with Crippen LogP contribution in [-0.4, -0.2) is 77.1 Å². The van der Waals surface area contributed by atoms with Crippen molar-refractivity contribution in [1.29, 1.82) is 5.41 Å². The molecule has 39 heavy (non-hydrogen) atoms. The number of amidine groups is 1. The van der Waals surface area contributed by atoms with Gasteiger partial charge in [0.25, 0.3) is 11.8 Å². The summed E-state index contributed by atoms with van der Waals surface area (Å²) in [4.78, 5) is 45.4. The molecule has 1 heterocycles. The first-order valence-corrected chi connectivity index (χ1v) is 12.5. The average molecular weight is 543 g/mol. The highest BCUT2D eigenvalue weighted by molar-refractivity contribution is 6.14. The van der Waals surface area contributed by atoms with Crippen molar-refractivity contribution >= 4 is 35.6 Å². The van der Waals surface area contributed by atoms with Crippen LogP contribution in [0.5, 0.6) is 0 Å². The van der Waals surface area contributed by atoms with Gasteiger partial charge in [0.2, 0.25) is 6.41 Å². The lowest BCUT2D eigenvalue weighted by Gasteiger charge is -2.31. The summed E-state index contributed by atoms with van der Waals surface area (Å²) >= 11 is 0. The van der Waals surface area contributed by atoms with Gasteiger partial charge in [0.15, 0.2) is 12.6 Å². The number of aliphatic hydroxyl groups excluding tert-OH is 2. The van der Waals surface area contributed by atoms with Crippen molar-refractivity contribution in [2.24, 2.45) is 4.99 Å². The Morgan fingerprint density at radius 1 is 1.26 bits per heavy atom. The highest BCUT2D eigenvalue weighted by Gasteiger charge is 2.30. The molecule has 1 aliphatic carbocycles. The second-order valence-electron chi connectivity index (χ2n) is 9.01. The van der Waals surface area contributed by atoms with Crippen molar-refractivity contribution in [3.05, 3.63) is 52.3 Å². The number of anilines is 1. The zero-order valence-electron chi connectivity index (χ0n) is 22.3. The molecular formula is C26H34N6O7. The zero-order valence-corrected chi connectivity index (χ0v) is 22.3. The standard InChI is InChI=1S/C26H34N6O7/c1-5-28-24(35)19-11-29-21(15(19)3)22(30-12-27)32(26(37)39-13-38-25(36)16(4)33)20-10-17(7-6-14(20)2)23(34)31-18-8-9-18/h6-7,10-12,16,18,26-27,29,33,37H,5,8-9,13H2,1-4H3,(H,28,35)(H,31,34). The van der Waals surface area contributed by atoms with Crippen molar-refractivity contribution in [2.45, 2.75) is 59.1 Å². The molecule has 210 valence electrons. The minimum absolute atomic E-state index is 0.00440. The van der Waals surface area contributed by atoms with Crippen LogP contribution in [0.25, 0.3) is 0 Å². The third kappa shape index (κ3) is 7.28. The van der Waals surface area contributed by atoms with Crippen LogP contribution < -0.4 is 15.5 Å². The Hall–Kier alpha value is -4.07. The number of aromatic nitrogens is 1. The highest BCUT2D eigenvalue weighted by Crippen LogP contribution is 2.28. The van der Waals surface area contributed by atoms with Crippen molar-refractivity contribution in [1.82, 2.24) is 15.6 Å². The molecule has 1 fully saturated rings. The molecule has 1 aliphatic rings. The molecule has 13 heteroatoms. The third-order valence-electron chi connectivity index (χ3n) is 5.98. The highest BCUT2D eigenvalue weighted by atomic mass is 16.7. The van der Waals surface area contributed by atoms with Crippen LogP contribution in [-0.2, 0) is 14.3 Å². The molecule has 1 saturated carbocycles. The van der Waals surface area contributed by atoms with E-state index in [9.17, 15) is 24.6 Å². The van der Waals surface area contributed by atoms with Crippen LogP contribution in [0, 0.1) is 19.3 Å². The van der Waals surface area contributed by atoms with E-state index >= 15 is 0 Å². The fraction of sp³-hybridized carbons (Fsp3) is 0.423. The predicted molar refractivity (Wildman–Crippen MR) is 143 cm³/mol. The number of aliphatic imine (C=N–C) groups is 1. The smallest absolute Gasteiger partial charge is 0.336 e. The first-order chi connectivity index (χ1) is 18.6. The number of esters is 1. The normalized spacial score (nSPS) is 14.8. The molecule has 3 rings (SSSR count). The number of aryl methyl sites for hydroxylation is 1. The Kier molecular flexibility index (Phi) is 9.93. The molecule has 0 saturated heterocycles. The molecule has 1 aromatic heterocycles. The van der Waals surface area contributed by atoms with Gasteiger partial charge in [-0.15, -0.1) is 0 Å². The van der Waals surface area contributed by atoms with Gasteiger partial charge in [-0.25, -0.2) is 9.79 Å². The topological polar surface area (TPSA) is 189 Å². The molecule has 0 bridgehead atoms. The van der Waals surface area contributed by atoms with E-state index in [1.807, 2.05) is 0 Å². The lowest BCUT2D eigenvalue weighted by Crippen LogP contribution is -2.44. The Bertz CT molecular complexity index is 1250. The van der Waals surface area contributed by atoms with Crippen LogP contribution in [0.1, 0.15) is 64.2 Å². The number of hydrogen-bond donors (Lipinski definition) is 6. The summed E-state index contributed by atoms with van der Waals surface area (Å²) in [5.41, 5.74) is 2.37. The Labute approximate surface area is 225 Å². The number of nitrogens with zero attached hydrogens (tertiary/aromatic N) is 2. The van der Waals surface area contributed by atoms with E-state index in [2.05, 4.69) is 20.6 Å². The Morgan fingerprint density at radius 3 is 2.59 bits per heavy atom. The Balaban J connectivity index is 2.06. The van der Waals surface area contributed by atoms with Crippen molar-refractivity contribution < 1.29 is 34.1 Å². The SMILES string of the molecule is CCNC(=O)c1c[nH]c(C(=NC=N)N(c2cc(C(=O)NC3CC3)ccc2C)C(O)OCOC(=O)C(C)O)c1C. The monoisotopic (exact) mass is 542 g/mol. The minimum atomic E-state index is -1.83. The molecule has 1 aromatic carbocycles. The quantitative estimate of drug-likeness (QED) is 0.100. The number of nitrogens with one attached hydrogen (secondary N) is 4. The van der Waals surface area contributed by atoms with Crippen molar-refractivity contribution in [3.63, 3.8) is 0 Å². The number of ether oxygens (including phenoxy) is 2. The molecule has 2 aromatic rings. The van der Waals surface area contributed by atoms with Gasteiger partial charge >= 0.3 is 5.97 Å². The molecule has 2 atom stereocenters. The zero-order chi connectivity index (χ0) is 28.7. The number of aliphatic hydroxyl groups is 2. The number of hydrogen-bond acceptors (Lipinski definition) is 8. The van der Waals surface area contributed by atoms with E-state index in [0.717, 1.165) is 19.2 Å². The molecular weight excluding hydrogens is 508 g/mol. The summed E-state index contributed by atoms with van der Waals surface area (Å²) < 4.78 is 10.2. The fourth-order valence-electron chi connectivity index (χ4n) is 3.72. The first kappa shape index (κ1) is 29.5. The van der Waals surface area contributed by atoms with Gasteiger partial charge < -0.3 is 30.6 Å². The second kappa shape index (κ2) is 13.1. The number of carbonyl (C=O) groups excluding carboxylic acids is 3. The van der Waals surface area contributed by atoms with Gasteiger partial charge in [0, 0.05) is 24.3 Å². The number of aromatic amines is 1. The van der Waals surface area contributed by atoms with E-state index in [-0.39, 0.29) is 23.7 Å². The molecule has 0 spiro atoms. The van der Waals surface area contributed by atoms with E-state index in [0.29, 0.717) is 40.2 Å². The molecule has 2 unspecified atom stereocenters. The number of H-pyrrole nitrogens is 1. The second-order valence-corrected chi connectivity index (χ2v) is 9.01. The Morgan fingerprint density at radius 2 is 1.97 bits per heavy atom. The maximum absolute atomic E-state index is 12.8. The molecule has 13 nitrogen and oxygen atoms in total. The van der Waals surface area contributed by atoms with Crippen LogP contribution in [0.2, 0.25) is 0 Å². The van der Waals surface area contributed by atoms with Crippen LogP contribution >= 0.6 is 0 Å². The van der Waals surface area contributed by atoms with Gasteiger partial charge in [-0.1, -0.05) is 6.07 Å². The molecule has 6 N–H and O–H groups in total. The van der Waals surface area contributed by atoms with E-state index in [4.69, 9.17) is 14.9 Å². The molecule has 0 aliphatic heterocycles. The third-order valence-corrected chi connectivity index (χ3v) is 5.98. The molecule has 2 amide bonds. The lowest BCUT2D eigenvalue weighted by molar-refractivity contribution is -0.187.